The number of ether oxygens (including phenoxy) is 1. The van der Waals surface area contributed by atoms with Crippen LogP contribution in [0.15, 0.2) is 41.3 Å². The maximum Gasteiger partial charge on any atom is 0.295 e. The van der Waals surface area contributed by atoms with Gasteiger partial charge < -0.3 is 4.74 Å². The van der Waals surface area contributed by atoms with E-state index < -0.39 is 10.1 Å². The molecule has 1 unspecified atom stereocenters. The van der Waals surface area contributed by atoms with Gasteiger partial charge in [0.15, 0.2) is 0 Å². The molecule has 0 fully saturated rings. The smallest absolute Gasteiger partial charge is 0.295 e. The van der Waals surface area contributed by atoms with Crippen LogP contribution in [0, 0.1) is 0 Å². The van der Waals surface area contributed by atoms with Crippen LogP contribution in [0.2, 0.25) is 0 Å². The minimum absolute atomic E-state index is 0.00704. The van der Waals surface area contributed by atoms with Crippen LogP contribution in [0.1, 0.15) is 24.8 Å². The molecule has 0 aromatic rings. The lowest BCUT2D eigenvalue weighted by Crippen LogP contribution is -2.09. The molecule has 0 aliphatic heterocycles. The van der Waals surface area contributed by atoms with Gasteiger partial charge in [-0.3, -0.25) is 4.55 Å². The van der Waals surface area contributed by atoms with Crippen molar-refractivity contribution in [2.75, 3.05) is 13.7 Å². The van der Waals surface area contributed by atoms with Gasteiger partial charge in [-0.15, -0.1) is 0 Å². The summed E-state index contributed by atoms with van der Waals surface area (Å²) in [6.45, 7) is 2.39. The molecule has 20 heavy (non-hydrogen) atoms. The van der Waals surface area contributed by atoms with E-state index in [4.69, 9.17) is 4.74 Å². The Balaban J connectivity index is 2.73. The number of rotatable bonds is 5. The summed E-state index contributed by atoms with van der Waals surface area (Å²) in [5, 5.41) is 0. The SMILES string of the molecule is CCC(COC)c1cc2cccccc-2c1S(=O)(=O)O. The molecule has 1 atom stereocenters. The van der Waals surface area contributed by atoms with Gasteiger partial charge in [0.05, 0.1) is 6.61 Å². The third-order valence-electron chi connectivity index (χ3n) is 3.45. The molecule has 5 heteroatoms. The van der Waals surface area contributed by atoms with E-state index in [2.05, 4.69) is 0 Å². The van der Waals surface area contributed by atoms with Crippen molar-refractivity contribution in [2.24, 2.45) is 0 Å². The van der Waals surface area contributed by atoms with E-state index in [9.17, 15) is 13.0 Å². The summed E-state index contributed by atoms with van der Waals surface area (Å²) in [5.74, 6) is -0.0605. The molecular formula is C15H18O4S. The second-order valence-electron chi connectivity index (χ2n) is 4.74. The zero-order valence-electron chi connectivity index (χ0n) is 11.5. The van der Waals surface area contributed by atoms with E-state index in [1.54, 1.807) is 19.2 Å². The van der Waals surface area contributed by atoms with Crippen molar-refractivity contribution in [1.29, 1.82) is 0 Å². The van der Waals surface area contributed by atoms with E-state index in [0.717, 1.165) is 12.0 Å². The minimum atomic E-state index is -4.28. The molecule has 0 bridgehead atoms. The van der Waals surface area contributed by atoms with Gasteiger partial charge in [-0.05, 0) is 23.6 Å². The lowest BCUT2D eigenvalue weighted by Gasteiger charge is -2.14. The minimum Gasteiger partial charge on any atom is -0.384 e. The van der Waals surface area contributed by atoms with Crippen molar-refractivity contribution in [3.05, 3.63) is 42.0 Å². The molecule has 2 aliphatic rings. The maximum atomic E-state index is 11.8. The summed E-state index contributed by atoms with van der Waals surface area (Å²) < 4.78 is 38.3. The topological polar surface area (TPSA) is 63.6 Å². The fourth-order valence-electron chi connectivity index (χ4n) is 2.50. The fourth-order valence-corrected chi connectivity index (χ4v) is 3.49. The average molecular weight is 294 g/mol. The Morgan fingerprint density at radius 3 is 2.55 bits per heavy atom. The van der Waals surface area contributed by atoms with Gasteiger partial charge in [-0.1, -0.05) is 37.3 Å². The second kappa shape index (κ2) is 5.91. The Bertz CT molecular complexity index is 664. The van der Waals surface area contributed by atoms with Gasteiger partial charge in [0.25, 0.3) is 10.1 Å². The van der Waals surface area contributed by atoms with Crippen LogP contribution in [0.25, 0.3) is 11.1 Å². The molecule has 1 N–H and O–H groups in total. The number of fused-ring (bicyclic) bond motifs is 1. The largest absolute Gasteiger partial charge is 0.384 e. The summed E-state index contributed by atoms with van der Waals surface area (Å²) in [5.41, 5.74) is 1.97. The highest BCUT2D eigenvalue weighted by atomic mass is 32.2. The van der Waals surface area contributed by atoms with E-state index >= 15 is 0 Å². The van der Waals surface area contributed by atoms with Crippen LogP contribution in [0.3, 0.4) is 0 Å². The molecule has 0 radical (unpaired) electrons. The third-order valence-corrected chi connectivity index (χ3v) is 4.42. The molecule has 0 saturated heterocycles. The molecule has 0 spiro atoms. The summed E-state index contributed by atoms with van der Waals surface area (Å²) in [7, 11) is -2.69. The first-order valence-corrected chi connectivity index (χ1v) is 7.91. The first kappa shape index (κ1) is 15.0. The van der Waals surface area contributed by atoms with Gasteiger partial charge in [0.2, 0.25) is 0 Å². The quantitative estimate of drug-likeness (QED) is 0.860. The van der Waals surface area contributed by atoms with Crippen molar-refractivity contribution in [2.45, 2.75) is 24.2 Å². The van der Waals surface area contributed by atoms with Crippen LogP contribution in [0.5, 0.6) is 0 Å². The van der Waals surface area contributed by atoms with Gasteiger partial charge in [0.1, 0.15) is 4.90 Å². The second-order valence-corrected chi connectivity index (χ2v) is 6.10. The summed E-state index contributed by atoms with van der Waals surface area (Å²) in [6.07, 6.45) is 0.735. The van der Waals surface area contributed by atoms with Crippen molar-refractivity contribution in [3.63, 3.8) is 0 Å². The number of hydrogen-bond donors (Lipinski definition) is 1. The summed E-state index contributed by atoms with van der Waals surface area (Å²) in [6, 6.07) is 10.8. The Hall–Kier alpha value is -1.43. The predicted octanol–water partition coefficient (Wildman–Crippen LogP) is 3.18. The van der Waals surface area contributed by atoms with Gasteiger partial charge >= 0.3 is 0 Å². The number of hydrogen-bond acceptors (Lipinski definition) is 3. The lowest BCUT2D eigenvalue weighted by atomic mass is 10.0. The van der Waals surface area contributed by atoms with E-state index in [1.165, 1.54) is 0 Å². The summed E-state index contributed by atoms with van der Waals surface area (Å²) >= 11 is 0. The van der Waals surface area contributed by atoms with E-state index in [0.29, 0.717) is 17.7 Å². The van der Waals surface area contributed by atoms with E-state index in [1.807, 2.05) is 31.2 Å². The monoisotopic (exact) mass is 294 g/mol. The van der Waals surface area contributed by atoms with Crippen LogP contribution in [0.4, 0.5) is 0 Å². The van der Waals surface area contributed by atoms with Crippen molar-refractivity contribution in [1.82, 2.24) is 0 Å². The zero-order valence-corrected chi connectivity index (χ0v) is 12.4. The molecule has 0 heterocycles. The van der Waals surface area contributed by atoms with Crippen LogP contribution in [-0.2, 0) is 14.9 Å². The van der Waals surface area contributed by atoms with Gasteiger partial charge in [-0.25, -0.2) is 0 Å². The molecule has 2 aliphatic carbocycles. The molecule has 0 aromatic carbocycles. The van der Waals surface area contributed by atoms with Crippen molar-refractivity contribution < 1.29 is 17.7 Å². The standard InChI is InChI=1S/C15H18O4S/c1-3-11(10-19-2)14-9-12-7-5-4-6-8-13(12)15(14)20(16,17)18/h4-9,11H,3,10H2,1-2H3,(H,16,17,18). The molecule has 108 valence electrons. The van der Waals surface area contributed by atoms with Gasteiger partial charge in [-0.2, -0.15) is 8.42 Å². The molecule has 0 saturated carbocycles. The molecule has 4 nitrogen and oxygen atoms in total. The number of methoxy groups -OCH3 is 1. The van der Waals surface area contributed by atoms with Crippen LogP contribution >= 0.6 is 0 Å². The highest BCUT2D eigenvalue weighted by Crippen LogP contribution is 2.39. The first-order chi connectivity index (χ1) is 9.49. The Morgan fingerprint density at radius 2 is 1.95 bits per heavy atom. The highest BCUT2D eigenvalue weighted by molar-refractivity contribution is 7.86. The maximum absolute atomic E-state index is 11.8. The Morgan fingerprint density at radius 1 is 1.25 bits per heavy atom. The Kier molecular flexibility index (Phi) is 4.42. The predicted molar refractivity (Wildman–Crippen MR) is 77.8 cm³/mol. The molecular weight excluding hydrogens is 276 g/mol. The van der Waals surface area contributed by atoms with Crippen molar-refractivity contribution in [3.8, 4) is 11.1 Å². The summed E-state index contributed by atoms with van der Waals surface area (Å²) in [4.78, 5) is 0.00704. The van der Waals surface area contributed by atoms with Crippen molar-refractivity contribution >= 4 is 10.1 Å². The van der Waals surface area contributed by atoms with Crippen LogP contribution in [-0.4, -0.2) is 26.7 Å². The Labute approximate surface area is 119 Å². The first-order valence-electron chi connectivity index (χ1n) is 6.47. The molecule has 0 aromatic heterocycles. The van der Waals surface area contributed by atoms with Gasteiger partial charge in [0, 0.05) is 18.6 Å². The third kappa shape index (κ3) is 2.85. The lowest BCUT2D eigenvalue weighted by molar-refractivity contribution is 0.177. The molecule has 0 amide bonds. The average Bonchev–Trinajstić information content (AvgIpc) is 2.60. The fraction of sp³-hybridized carbons (Fsp3) is 0.333. The normalized spacial score (nSPS) is 13.6. The molecule has 2 rings (SSSR count). The highest BCUT2D eigenvalue weighted by Gasteiger charge is 2.28. The van der Waals surface area contributed by atoms with E-state index in [-0.39, 0.29) is 10.8 Å². The zero-order chi connectivity index (χ0) is 14.8. The van der Waals surface area contributed by atoms with Crippen LogP contribution < -0.4 is 0 Å².